The molecule has 1 N–H and O–H groups in total. The Labute approximate surface area is 112 Å². The lowest BCUT2D eigenvalue weighted by molar-refractivity contribution is 0.401. The summed E-state index contributed by atoms with van der Waals surface area (Å²) in [5, 5.41) is 0. The Morgan fingerprint density at radius 2 is 2.21 bits per heavy atom. The predicted molar refractivity (Wildman–Crippen MR) is 70.6 cm³/mol. The molecule has 2 heterocycles. The predicted octanol–water partition coefficient (Wildman–Crippen LogP) is 2.63. The molecule has 7 heteroatoms. The Balaban J connectivity index is 2.36. The summed E-state index contributed by atoms with van der Waals surface area (Å²) in [6.45, 7) is 0. The van der Waals surface area contributed by atoms with Crippen molar-refractivity contribution in [1.82, 2.24) is 19.5 Å². The molecule has 96 valence electrons. The van der Waals surface area contributed by atoms with Gasteiger partial charge in [0.2, 0.25) is 5.88 Å². The molecule has 3 rings (SSSR count). The summed E-state index contributed by atoms with van der Waals surface area (Å²) < 4.78 is 20.5. The highest BCUT2D eigenvalue weighted by atomic mass is 32.1. The molecular weight excluding hydrogens is 267 g/mol. The summed E-state index contributed by atoms with van der Waals surface area (Å²) >= 11 is 5.25. The first-order chi connectivity index (χ1) is 9.20. The Hall–Kier alpha value is -2.28. The maximum Gasteiger partial charge on any atom is 0.242 e. The topological polar surface area (TPSA) is 55.7 Å². The van der Waals surface area contributed by atoms with Crippen LogP contribution < -0.4 is 4.74 Å². The number of aromatic nitrogens is 4. The lowest BCUT2D eigenvalue weighted by atomic mass is 10.3. The van der Waals surface area contributed by atoms with Crippen LogP contribution in [0, 0.1) is 10.6 Å². The van der Waals surface area contributed by atoms with Gasteiger partial charge >= 0.3 is 0 Å². The van der Waals surface area contributed by atoms with Crippen LogP contribution in [0.1, 0.15) is 0 Å². The zero-order valence-corrected chi connectivity index (χ0v) is 10.7. The van der Waals surface area contributed by atoms with Crippen molar-refractivity contribution in [2.45, 2.75) is 0 Å². The van der Waals surface area contributed by atoms with Crippen LogP contribution in [0.3, 0.4) is 0 Å². The van der Waals surface area contributed by atoms with E-state index in [1.165, 1.54) is 25.6 Å². The number of rotatable bonds is 2. The second-order valence-electron chi connectivity index (χ2n) is 3.83. The van der Waals surface area contributed by atoms with E-state index in [2.05, 4.69) is 15.0 Å². The first kappa shape index (κ1) is 11.8. The van der Waals surface area contributed by atoms with Crippen molar-refractivity contribution in [3.8, 4) is 11.6 Å². The molecule has 1 aromatic carbocycles. The van der Waals surface area contributed by atoms with Gasteiger partial charge in [-0.2, -0.15) is 4.98 Å². The molecule has 0 aliphatic rings. The number of hydrogen-bond donors (Lipinski definition) is 1. The van der Waals surface area contributed by atoms with Crippen LogP contribution in [0.25, 0.3) is 16.9 Å². The molecule has 0 aliphatic carbocycles. The van der Waals surface area contributed by atoms with Gasteiger partial charge in [-0.05, 0) is 30.4 Å². The average molecular weight is 276 g/mol. The van der Waals surface area contributed by atoms with E-state index < -0.39 is 0 Å². The van der Waals surface area contributed by atoms with Gasteiger partial charge in [-0.15, -0.1) is 0 Å². The number of hydrogen-bond acceptors (Lipinski definition) is 4. The minimum absolute atomic E-state index is 0.338. The summed E-state index contributed by atoms with van der Waals surface area (Å²) in [7, 11) is 1.51. The Morgan fingerprint density at radius 3 is 2.95 bits per heavy atom. The molecule has 0 aliphatic heterocycles. The van der Waals surface area contributed by atoms with Gasteiger partial charge < -0.3 is 9.72 Å². The SMILES string of the molecule is COc1ncnc2c1[nH]c(=S)n2-c1cccc(F)c1. The summed E-state index contributed by atoms with van der Waals surface area (Å²) in [5.74, 6) is 0.0565. The average Bonchev–Trinajstić information content (AvgIpc) is 2.74. The second kappa shape index (κ2) is 4.43. The number of methoxy groups -OCH3 is 1. The van der Waals surface area contributed by atoms with Crippen LogP contribution in [-0.2, 0) is 0 Å². The van der Waals surface area contributed by atoms with E-state index in [0.29, 0.717) is 27.5 Å². The minimum Gasteiger partial charge on any atom is -0.479 e. The second-order valence-corrected chi connectivity index (χ2v) is 4.21. The van der Waals surface area contributed by atoms with Gasteiger partial charge in [-0.25, -0.2) is 9.37 Å². The van der Waals surface area contributed by atoms with Crippen molar-refractivity contribution >= 4 is 23.4 Å². The van der Waals surface area contributed by atoms with Crippen LogP contribution in [-0.4, -0.2) is 26.6 Å². The summed E-state index contributed by atoms with van der Waals surface area (Å²) in [6.07, 6.45) is 1.37. The molecule has 0 atom stereocenters. The van der Waals surface area contributed by atoms with Crippen LogP contribution in [0.4, 0.5) is 4.39 Å². The van der Waals surface area contributed by atoms with Gasteiger partial charge in [0, 0.05) is 0 Å². The van der Waals surface area contributed by atoms with E-state index in [-0.39, 0.29) is 5.82 Å². The third-order valence-corrected chi connectivity index (χ3v) is 2.98. The van der Waals surface area contributed by atoms with Gasteiger partial charge in [0.1, 0.15) is 17.7 Å². The van der Waals surface area contributed by atoms with E-state index in [0.717, 1.165) is 0 Å². The van der Waals surface area contributed by atoms with Crippen LogP contribution in [0.2, 0.25) is 0 Å². The molecule has 3 aromatic rings. The van der Waals surface area contributed by atoms with Gasteiger partial charge in [-0.1, -0.05) is 6.07 Å². The lowest BCUT2D eigenvalue weighted by Crippen LogP contribution is -1.97. The Morgan fingerprint density at radius 1 is 1.37 bits per heavy atom. The molecular formula is C12H9FN4OS. The molecule has 0 saturated heterocycles. The standard InChI is InChI=1S/C12H9FN4OS/c1-18-11-9-10(14-6-15-11)17(12(19)16-9)8-4-2-3-7(13)5-8/h2-6H,1H3,(H,16,19). The van der Waals surface area contributed by atoms with Gasteiger partial charge in [0.05, 0.1) is 12.8 Å². The molecule has 2 aromatic heterocycles. The smallest absolute Gasteiger partial charge is 0.242 e. The molecule has 0 unspecified atom stereocenters. The lowest BCUT2D eigenvalue weighted by Gasteiger charge is -2.04. The number of aromatic amines is 1. The van der Waals surface area contributed by atoms with Crippen LogP contribution in [0.15, 0.2) is 30.6 Å². The quantitative estimate of drug-likeness (QED) is 0.731. The highest BCUT2D eigenvalue weighted by molar-refractivity contribution is 7.71. The van der Waals surface area contributed by atoms with Gasteiger partial charge in [0.25, 0.3) is 0 Å². The number of halogens is 1. The monoisotopic (exact) mass is 276 g/mol. The molecule has 0 spiro atoms. The van der Waals surface area contributed by atoms with Crippen molar-refractivity contribution in [3.05, 3.63) is 41.2 Å². The zero-order chi connectivity index (χ0) is 13.4. The first-order valence-electron chi connectivity index (χ1n) is 5.46. The first-order valence-corrected chi connectivity index (χ1v) is 5.87. The van der Waals surface area contributed by atoms with Crippen molar-refractivity contribution in [2.75, 3.05) is 7.11 Å². The number of benzene rings is 1. The number of fused-ring (bicyclic) bond motifs is 1. The molecule has 0 bridgehead atoms. The van der Waals surface area contributed by atoms with E-state index in [9.17, 15) is 4.39 Å². The molecule has 19 heavy (non-hydrogen) atoms. The van der Waals surface area contributed by atoms with Gasteiger partial charge in [-0.3, -0.25) is 4.57 Å². The number of ether oxygens (including phenoxy) is 1. The largest absolute Gasteiger partial charge is 0.479 e. The molecule has 0 fully saturated rings. The highest BCUT2D eigenvalue weighted by Gasteiger charge is 2.12. The Kier molecular flexibility index (Phi) is 2.75. The molecule has 0 amide bonds. The zero-order valence-electron chi connectivity index (χ0n) is 9.92. The van der Waals surface area contributed by atoms with E-state index in [1.807, 2.05) is 0 Å². The summed E-state index contributed by atoms with van der Waals surface area (Å²) in [4.78, 5) is 11.1. The summed E-state index contributed by atoms with van der Waals surface area (Å²) in [6, 6.07) is 6.12. The summed E-state index contributed by atoms with van der Waals surface area (Å²) in [5.41, 5.74) is 1.72. The number of imidazole rings is 1. The number of nitrogens with zero attached hydrogens (tertiary/aromatic N) is 3. The maximum absolute atomic E-state index is 13.3. The Bertz CT molecular complexity index is 811. The number of H-pyrrole nitrogens is 1. The fourth-order valence-electron chi connectivity index (χ4n) is 1.91. The van der Waals surface area contributed by atoms with Crippen molar-refractivity contribution in [2.24, 2.45) is 0 Å². The van der Waals surface area contributed by atoms with Gasteiger partial charge in [0.15, 0.2) is 10.4 Å². The van der Waals surface area contributed by atoms with E-state index >= 15 is 0 Å². The van der Waals surface area contributed by atoms with Crippen LogP contribution in [0.5, 0.6) is 5.88 Å². The van der Waals surface area contributed by atoms with Crippen molar-refractivity contribution in [1.29, 1.82) is 0 Å². The molecule has 0 radical (unpaired) electrons. The van der Waals surface area contributed by atoms with Crippen molar-refractivity contribution < 1.29 is 9.13 Å². The maximum atomic E-state index is 13.3. The fourth-order valence-corrected chi connectivity index (χ4v) is 2.20. The van der Waals surface area contributed by atoms with E-state index in [4.69, 9.17) is 17.0 Å². The minimum atomic E-state index is -0.338. The molecule has 5 nitrogen and oxygen atoms in total. The highest BCUT2D eigenvalue weighted by Crippen LogP contribution is 2.23. The third-order valence-electron chi connectivity index (χ3n) is 2.70. The third kappa shape index (κ3) is 1.88. The van der Waals surface area contributed by atoms with Crippen molar-refractivity contribution in [3.63, 3.8) is 0 Å². The normalized spacial score (nSPS) is 10.8. The molecule has 0 saturated carbocycles. The fraction of sp³-hybridized carbons (Fsp3) is 0.0833. The number of nitrogens with one attached hydrogen (secondary N) is 1. The van der Waals surface area contributed by atoms with Crippen LogP contribution >= 0.6 is 12.2 Å². The van der Waals surface area contributed by atoms with E-state index in [1.54, 1.807) is 16.7 Å².